The van der Waals surface area contributed by atoms with E-state index in [1.54, 1.807) is 6.92 Å². The van der Waals surface area contributed by atoms with Crippen LogP contribution in [0.2, 0.25) is 0 Å². The standard InChI is InChI=1S/C28H29NO.C3H6O2.BrH/c30-28(24-10-2-1-3-11-24)17-20-29(21-18-28)19-16-27-25-12-6-4-8-22(25)14-15-23-9-5-7-13-26(23)27;1-2-3(4)5;/h1-13,16,30H,14-15,17-21H2;2H2,1H3,(H,4,5);1H. The Balaban J connectivity index is 0.000000551. The quantitative estimate of drug-likeness (QED) is 0.403. The third kappa shape index (κ3) is 6.73. The van der Waals surface area contributed by atoms with Gasteiger partial charge in [-0.15, -0.1) is 17.0 Å². The summed E-state index contributed by atoms with van der Waals surface area (Å²) in [6.07, 6.45) is 6.40. The monoisotopic (exact) mass is 549 g/mol. The van der Waals surface area contributed by atoms with E-state index in [4.69, 9.17) is 5.11 Å². The van der Waals surface area contributed by atoms with Crippen molar-refractivity contribution in [3.8, 4) is 0 Å². The first-order valence-corrected chi connectivity index (χ1v) is 12.6. The topological polar surface area (TPSA) is 60.8 Å². The fourth-order valence-corrected chi connectivity index (χ4v) is 5.00. The van der Waals surface area contributed by atoms with Crippen LogP contribution in [0.5, 0.6) is 0 Å². The van der Waals surface area contributed by atoms with Crippen LogP contribution in [-0.2, 0) is 23.2 Å². The molecule has 1 heterocycles. The molecule has 5 heteroatoms. The van der Waals surface area contributed by atoms with Crippen molar-refractivity contribution in [3.63, 3.8) is 0 Å². The zero-order valence-electron chi connectivity index (χ0n) is 20.9. The predicted molar refractivity (Wildman–Crippen MR) is 152 cm³/mol. The molecule has 36 heavy (non-hydrogen) atoms. The number of aliphatic carboxylic acids is 1. The first-order valence-electron chi connectivity index (χ1n) is 12.6. The largest absolute Gasteiger partial charge is 0.481 e. The van der Waals surface area contributed by atoms with Gasteiger partial charge in [0.05, 0.1) is 5.60 Å². The lowest BCUT2D eigenvalue weighted by molar-refractivity contribution is -0.136. The highest BCUT2D eigenvalue weighted by atomic mass is 79.9. The van der Waals surface area contributed by atoms with E-state index in [2.05, 4.69) is 71.6 Å². The van der Waals surface area contributed by atoms with Crippen LogP contribution in [0.3, 0.4) is 0 Å². The van der Waals surface area contributed by atoms with Crippen molar-refractivity contribution >= 4 is 28.5 Å². The maximum Gasteiger partial charge on any atom is 0.303 e. The van der Waals surface area contributed by atoms with E-state index in [1.807, 2.05) is 18.2 Å². The number of fused-ring (bicyclic) bond motifs is 2. The summed E-state index contributed by atoms with van der Waals surface area (Å²) in [7, 11) is 0. The van der Waals surface area contributed by atoms with Gasteiger partial charge in [0.25, 0.3) is 0 Å². The Morgan fingerprint density at radius 1 is 0.861 bits per heavy atom. The molecule has 3 aromatic carbocycles. The fourth-order valence-electron chi connectivity index (χ4n) is 5.00. The van der Waals surface area contributed by atoms with Gasteiger partial charge in [-0.3, -0.25) is 9.69 Å². The van der Waals surface area contributed by atoms with Gasteiger partial charge in [0.1, 0.15) is 0 Å². The molecule has 5 rings (SSSR count). The third-order valence-electron chi connectivity index (χ3n) is 7.13. The lowest BCUT2D eigenvalue weighted by atomic mass is 9.84. The summed E-state index contributed by atoms with van der Waals surface area (Å²) in [4.78, 5) is 11.8. The Bertz CT molecular complexity index is 1120. The number of halogens is 1. The van der Waals surface area contributed by atoms with Gasteiger partial charge in [0.2, 0.25) is 0 Å². The van der Waals surface area contributed by atoms with E-state index in [-0.39, 0.29) is 23.4 Å². The van der Waals surface area contributed by atoms with E-state index in [1.165, 1.54) is 27.8 Å². The number of aliphatic hydroxyl groups is 1. The number of carboxylic acids is 1. The molecule has 0 aromatic heterocycles. The lowest BCUT2D eigenvalue weighted by Gasteiger charge is -2.38. The number of carbonyl (C=O) groups is 1. The van der Waals surface area contributed by atoms with E-state index in [0.29, 0.717) is 0 Å². The normalized spacial score (nSPS) is 16.2. The molecule has 2 N–H and O–H groups in total. The van der Waals surface area contributed by atoms with Crippen LogP contribution in [0, 0.1) is 0 Å². The molecule has 0 bridgehead atoms. The van der Waals surface area contributed by atoms with Crippen molar-refractivity contribution in [2.45, 2.75) is 44.6 Å². The highest BCUT2D eigenvalue weighted by molar-refractivity contribution is 8.93. The molecular weight excluding hydrogens is 514 g/mol. The number of rotatable bonds is 4. The highest BCUT2D eigenvalue weighted by Crippen LogP contribution is 2.35. The molecule has 0 unspecified atom stereocenters. The number of likely N-dealkylation sites (tertiary alicyclic amines) is 1. The van der Waals surface area contributed by atoms with Crippen LogP contribution in [-0.4, -0.2) is 40.7 Å². The average Bonchev–Trinajstić information content (AvgIpc) is 3.06. The second-order valence-corrected chi connectivity index (χ2v) is 9.38. The Morgan fingerprint density at radius 3 is 1.83 bits per heavy atom. The Hall–Kier alpha value is -2.73. The zero-order chi connectivity index (χ0) is 24.7. The van der Waals surface area contributed by atoms with E-state index in [0.717, 1.165) is 50.9 Å². The molecule has 0 atom stereocenters. The van der Waals surface area contributed by atoms with Crippen molar-refractivity contribution in [3.05, 3.63) is 113 Å². The molecule has 1 fully saturated rings. The van der Waals surface area contributed by atoms with Crippen molar-refractivity contribution in [2.24, 2.45) is 0 Å². The van der Waals surface area contributed by atoms with Gasteiger partial charge >= 0.3 is 5.97 Å². The van der Waals surface area contributed by atoms with Gasteiger partial charge in [-0.05, 0) is 59.1 Å². The first kappa shape index (κ1) is 27.9. The maximum atomic E-state index is 11.1. The molecule has 1 aliphatic heterocycles. The zero-order valence-corrected chi connectivity index (χ0v) is 22.6. The molecule has 3 aromatic rings. The number of carboxylic acid groups (broad SMARTS) is 1. The number of benzene rings is 3. The molecule has 190 valence electrons. The van der Waals surface area contributed by atoms with Gasteiger partial charge < -0.3 is 10.2 Å². The van der Waals surface area contributed by atoms with Crippen molar-refractivity contribution in [1.29, 1.82) is 0 Å². The molecular formula is C31H36BrNO3. The SMILES string of the molecule is Br.CCC(=O)O.OC1(c2ccccc2)CCN(CC=C2c3ccccc3CCc3ccccc32)CC1. The lowest BCUT2D eigenvalue weighted by Crippen LogP contribution is -2.42. The molecule has 1 aliphatic carbocycles. The molecule has 2 aliphatic rings. The molecule has 0 spiro atoms. The number of piperidine rings is 1. The number of hydrogen-bond donors (Lipinski definition) is 2. The Morgan fingerprint density at radius 2 is 1.33 bits per heavy atom. The summed E-state index contributed by atoms with van der Waals surface area (Å²) in [6.45, 7) is 4.35. The van der Waals surface area contributed by atoms with Gasteiger partial charge in [-0.2, -0.15) is 0 Å². The van der Waals surface area contributed by atoms with Gasteiger partial charge in [-0.25, -0.2) is 0 Å². The van der Waals surface area contributed by atoms with Crippen molar-refractivity contribution < 1.29 is 15.0 Å². The van der Waals surface area contributed by atoms with Crippen LogP contribution >= 0.6 is 17.0 Å². The Kier molecular flexibility index (Phi) is 10.1. The third-order valence-corrected chi connectivity index (χ3v) is 7.13. The summed E-state index contributed by atoms with van der Waals surface area (Å²) < 4.78 is 0. The summed E-state index contributed by atoms with van der Waals surface area (Å²) in [6, 6.07) is 27.9. The van der Waals surface area contributed by atoms with Crippen molar-refractivity contribution in [2.75, 3.05) is 19.6 Å². The minimum atomic E-state index is -0.745. The van der Waals surface area contributed by atoms with Gasteiger partial charge in [-0.1, -0.05) is 91.9 Å². The molecule has 1 saturated heterocycles. The summed E-state index contributed by atoms with van der Waals surface area (Å²) in [5.74, 6) is -0.745. The second kappa shape index (κ2) is 13.0. The van der Waals surface area contributed by atoms with Crippen LogP contribution in [0.1, 0.15) is 54.0 Å². The second-order valence-electron chi connectivity index (χ2n) is 9.38. The average molecular weight is 551 g/mol. The minimum Gasteiger partial charge on any atom is -0.481 e. The maximum absolute atomic E-state index is 11.1. The summed E-state index contributed by atoms with van der Waals surface area (Å²) >= 11 is 0. The first-order chi connectivity index (χ1) is 17.0. The van der Waals surface area contributed by atoms with E-state index >= 15 is 0 Å². The van der Waals surface area contributed by atoms with E-state index in [9.17, 15) is 9.90 Å². The van der Waals surface area contributed by atoms with Gasteiger partial charge in [0, 0.05) is 26.1 Å². The van der Waals surface area contributed by atoms with Crippen LogP contribution in [0.25, 0.3) is 5.57 Å². The molecule has 0 amide bonds. The number of aryl methyl sites for hydroxylation is 2. The smallest absolute Gasteiger partial charge is 0.303 e. The van der Waals surface area contributed by atoms with Crippen LogP contribution < -0.4 is 0 Å². The van der Waals surface area contributed by atoms with Crippen LogP contribution in [0.4, 0.5) is 0 Å². The summed E-state index contributed by atoms with van der Waals surface area (Å²) in [5.41, 5.74) is 7.36. The summed E-state index contributed by atoms with van der Waals surface area (Å²) in [5, 5.41) is 18.9. The highest BCUT2D eigenvalue weighted by Gasteiger charge is 2.33. The predicted octanol–water partition coefficient (Wildman–Crippen LogP) is 6.26. The minimum absolute atomic E-state index is 0. The molecule has 4 nitrogen and oxygen atoms in total. The number of hydrogen-bond acceptors (Lipinski definition) is 3. The molecule has 0 saturated carbocycles. The van der Waals surface area contributed by atoms with Crippen LogP contribution in [0.15, 0.2) is 84.9 Å². The van der Waals surface area contributed by atoms with Gasteiger partial charge in [0.15, 0.2) is 0 Å². The fraction of sp³-hybridized carbons (Fsp3) is 0.323. The Labute approximate surface area is 225 Å². The van der Waals surface area contributed by atoms with E-state index < -0.39 is 11.6 Å². The number of nitrogens with zero attached hydrogens (tertiary/aromatic N) is 1. The van der Waals surface area contributed by atoms with Crippen molar-refractivity contribution in [1.82, 2.24) is 4.90 Å². The molecule has 0 radical (unpaired) electrons.